The molecule has 0 amide bonds. The van der Waals surface area contributed by atoms with Crippen LogP contribution in [0.5, 0.6) is 0 Å². The first-order chi connectivity index (χ1) is 5.29. The van der Waals surface area contributed by atoms with E-state index in [1.165, 1.54) is 5.56 Å². The molecule has 3 nitrogen and oxygen atoms in total. The number of fused-ring (bicyclic) bond motifs is 1. The molecular formula is C8H9N3. The van der Waals surface area contributed by atoms with Crippen LogP contribution in [0.15, 0.2) is 18.6 Å². The van der Waals surface area contributed by atoms with E-state index in [2.05, 4.69) is 9.97 Å². The van der Waals surface area contributed by atoms with Crippen molar-refractivity contribution in [2.24, 2.45) is 7.05 Å². The predicted molar refractivity (Wildman–Crippen MR) is 42.4 cm³/mol. The Labute approximate surface area is 65.1 Å². The molecule has 0 aliphatic carbocycles. The fraction of sp³-hybridized carbons (Fsp3) is 0.250. The first kappa shape index (κ1) is 6.34. The van der Waals surface area contributed by atoms with Crippen LogP contribution < -0.4 is 0 Å². The molecule has 0 atom stereocenters. The van der Waals surface area contributed by atoms with Crippen molar-refractivity contribution in [3.05, 3.63) is 24.2 Å². The minimum absolute atomic E-state index is 0.949. The monoisotopic (exact) mass is 147 g/mol. The molecule has 0 saturated carbocycles. The highest BCUT2D eigenvalue weighted by molar-refractivity contribution is 5.55. The maximum Gasteiger partial charge on any atom is 0.160 e. The lowest BCUT2D eigenvalue weighted by Crippen LogP contribution is -1.98. The lowest BCUT2D eigenvalue weighted by molar-refractivity contribution is 0.885. The number of aromatic nitrogens is 3. The van der Waals surface area contributed by atoms with Crippen LogP contribution in [0.4, 0.5) is 0 Å². The van der Waals surface area contributed by atoms with Crippen LogP contribution >= 0.6 is 0 Å². The Hall–Kier alpha value is -1.38. The SMILES string of the molecule is Cc1ccn(C)c2ncnc1-2. The summed E-state index contributed by atoms with van der Waals surface area (Å²) < 4.78 is 1.97. The van der Waals surface area contributed by atoms with Gasteiger partial charge in [0.2, 0.25) is 0 Å². The number of hydrogen-bond donors (Lipinski definition) is 0. The van der Waals surface area contributed by atoms with Gasteiger partial charge in [0.05, 0.1) is 0 Å². The van der Waals surface area contributed by atoms with Crippen LogP contribution in [0.25, 0.3) is 11.5 Å². The Morgan fingerprint density at radius 2 is 2.18 bits per heavy atom. The second-order valence-electron chi connectivity index (χ2n) is 2.66. The standard InChI is InChI=1S/C8H9N3/c1-6-3-4-11(2)8-7(6)9-5-10-8/h3-5H,1-2H3. The predicted octanol–water partition coefficient (Wildman–Crippen LogP) is 1.23. The number of nitrogens with zero attached hydrogens (tertiary/aromatic N) is 3. The Morgan fingerprint density at radius 3 is 2.91 bits per heavy atom. The summed E-state index contributed by atoms with van der Waals surface area (Å²) in [6, 6.07) is 2.04. The molecule has 2 rings (SSSR count). The normalized spacial score (nSPS) is 10.7. The van der Waals surface area contributed by atoms with E-state index >= 15 is 0 Å². The zero-order valence-electron chi connectivity index (χ0n) is 6.57. The summed E-state index contributed by atoms with van der Waals surface area (Å²) in [7, 11) is 1.97. The van der Waals surface area contributed by atoms with Gasteiger partial charge in [0.1, 0.15) is 12.0 Å². The number of rotatable bonds is 0. The Kier molecular flexibility index (Phi) is 1.18. The van der Waals surface area contributed by atoms with E-state index in [1.807, 2.05) is 30.8 Å². The molecule has 3 heteroatoms. The van der Waals surface area contributed by atoms with Gasteiger partial charge in [0.25, 0.3) is 0 Å². The van der Waals surface area contributed by atoms with Crippen LogP contribution in [0, 0.1) is 6.92 Å². The summed E-state index contributed by atoms with van der Waals surface area (Å²) in [4.78, 5) is 8.28. The van der Waals surface area contributed by atoms with Crippen molar-refractivity contribution >= 4 is 0 Å². The third-order valence-corrected chi connectivity index (χ3v) is 1.83. The van der Waals surface area contributed by atoms with Crippen molar-refractivity contribution in [2.45, 2.75) is 6.92 Å². The minimum atomic E-state index is 0.949. The van der Waals surface area contributed by atoms with Crippen LogP contribution in [0.2, 0.25) is 0 Å². The smallest absolute Gasteiger partial charge is 0.160 e. The molecule has 2 heterocycles. The molecule has 0 aromatic rings. The zero-order chi connectivity index (χ0) is 7.84. The fourth-order valence-electron chi connectivity index (χ4n) is 1.17. The van der Waals surface area contributed by atoms with E-state index in [9.17, 15) is 0 Å². The quantitative estimate of drug-likeness (QED) is 0.561. The highest BCUT2D eigenvalue weighted by atomic mass is 15.1. The highest BCUT2D eigenvalue weighted by Gasteiger charge is 2.09. The van der Waals surface area contributed by atoms with E-state index in [0.29, 0.717) is 0 Å². The average Bonchev–Trinajstić information content (AvgIpc) is 2.45. The zero-order valence-corrected chi connectivity index (χ0v) is 6.57. The third-order valence-electron chi connectivity index (χ3n) is 1.83. The van der Waals surface area contributed by atoms with E-state index < -0.39 is 0 Å². The van der Waals surface area contributed by atoms with Gasteiger partial charge in [-0.1, -0.05) is 0 Å². The van der Waals surface area contributed by atoms with Crippen LogP contribution in [0.1, 0.15) is 5.56 Å². The van der Waals surface area contributed by atoms with E-state index in [-0.39, 0.29) is 0 Å². The molecule has 2 aliphatic heterocycles. The van der Waals surface area contributed by atoms with Crippen molar-refractivity contribution in [3.8, 4) is 11.5 Å². The Morgan fingerprint density at radius 1 is 1.36 bits per heavy atom. The lowest BCUT2D eigenvalue weighted by atomic mass is 10.2. The summed E-state index contributed by atoms with van der Waals surface area (Å²) in [6.45, 7) is 2.04. The van der Waals surface area contributed by atoms with E-state index in [0.717, 1.165) is 11.5 Å². The summed E-state index contributed by atoms with van der Waals surface area (Å²) in [5.41, 5.74) is 2.17. The highest BCUT2D eigenvalue weighted by Crippen LogP contribution is 2.19. The molecule has 56 valence electrons. The van der Waals surface area contributed by atoms with Gasteiger partial charge in [0.15, 0.2) is 5.82 Å². The second-order valence-corrected chi connectivity index (χ2v) is 2.66. The van der Waals surface area contributed by atoms with Gasteiger partial charge < -0.3 is 4.57 Å². The molecule has 0 saturated heterocycles. The molecule has 0 unspecified atom stereocenters. The van der Waals surface area contributed by atoms with Gasteiger partial charge in [-0.2, -0.15) is 0 Å². The molecule has 0 fully saturated rings. The molecule has 2 aliphatic rings. The summed E-state index contributed by atoms with van der Waals surface area (Å²) in [5.74, 6) is 0.949. The Balaban J connectivity index is 2.82. The second kappa shape index (κ2) is 2.05. The first-order valence-corrected chi connectivity index (χ1v) is 3.51. The largest absolute Gasteiger partial charge is 0.334 e. The van der Waals surface area contributed by atoms with Gasteiger partial charge in [-0.05, 0) is 18.6 Å². The Bertz CT molecular complexity index is 318. The van der Waals surface area contributed by atoms with Crippen molar-refractivity contribution in [2.75, 3.05) is 0 Å². The van der Waals surface area contributed by atoms with E-state index in [1.54, 1.807) is 6.33 Å². The van der Waals surface area contributed by atoms with Gasteiger partial charge in [-0.25, -0.2) is 9.97 Å². The number of aryl methyl sites for hydroxylation is 2. The minimum Gasteiger partial charge on any atom is -0.334 e. The lowest BCUT2D eigenvalue weighted by Gasteiger charge is -2.05. The molecular weight excluding hydrogens is 138 g/mol. The van der Waals surface area contributed by atoms with Gasteiger partial charge in [-0.15, -0.1) is 0 Å². The molecule has 0 bridgehead atoms. The summed E-state index contributed by atoms with van der Waals surface area (Å²) in [5, 5.41) is 0. The molecule has 0 aromatic carbocycles. The number of hydrogen-bond acceptors (Lipinski definition) is 2. The third kappa shape index (κ3) is 0.808. The number of imidazole rings is 1. The first-order valence-electron chi connectivity index (χ1n) is 3.51. The maximum absolute atomic E-state index is 4.15. The molecule has 0 spiro atoms. The van der Waals surface area contributed by atoms with Crippen LogP contribution in [-0.2, 0) is 7.05 Å². The molecule has 0 N–H and O–H groups in total. The number of pyridine rings is 1. The van der Waals surface area contributed by atoms with Crippen molar-refractivity contribution in [1.82, 2.24) is 14.5 Å². The summed E-state index contributed by atoms with van der Waals surface area (Å²) in [6.07, 6.45) is 3.59. The van der Waals surface area contributed by atoms with Crippen molar-refractivity contribution in [1.29, 1.82) is 0 Å². The average molecular weight is 147 g/mol. The molecule has 11 heavy (non-hydrogen) atoms. The van der Waals surface area contributed by atoms with Crippen LogP contribution in [-0.4, -0.2) is 14.5 Å². The van der Waals surface area contributed by atoms with Crippen molar-refractivity contribution in [3.63, 3.8) is 0 Å². The molecule has 0 radical (unpaired) electrons. The van der Waals surface area contributed by atoms with Gasteiger partial charge in [0, 0.05) is 13.2 Å². The van der Waals surface area contributed by atoms with Gasteiger partial charge >= 0.3 is 0 Å². The maximum atomic E-state index is 4.15. The van der Waals surface area contributed by atoms with Crippen LogP contribution in [0.3, 0.4) is 0 Å². The summed E-state index contributed by atoms with van der Waals surface area (Å²) >= 11 is 0. The van der Waals surface area contributed by atoms with Crippen molar-refractivity contribution < 1.29 is 0 Å². The topological polar surface area (TPSA) is 30.7 Å². The molecule has 0 aromatic heterocycles. The fourth-order valence-corrected chi connectivity index (χ4v) is 1.17. The van der Waals surface area contributed by atoms with E-state index in [4.69, 9.17) is 0 Å². The van der Waals surface area contributed by atoms with Gasteiger partial charge in [-0.3, -0.25) is 0 Å².